The molecular formula is C27H31NO3. The summed E-state index contributed by atoms with van der Waals surface area (Å²) in [6, 6.07) is 7.72. The third kappa shape index (κ3) is 2.51. The van der Waals surface area contributed by atoms with Crippen molar-refractivity contribution in [2.45, 2.75) is 70.3 Å². The highest BCUT2D eigenvalue weighted by molar-refractivity contribution is 6.04. The van der Waals surface area contributed by atoms with Crippen LogP contribution in [-0.2, 0) is 11.8 Å². The van der Waals surface area contributed by atoms with Gasteiger partial charge in [-0.2, -0.15) is 0 Å². The molecule has 162 valence electrons. The van der Waals surface area contributed by atoms with Crippen molar-refractivity contribution in [3.63, 3.8) is 0 Å². The summed E-state index contributed by atoms with van der Waals surface area (Å²) >= 11 is 0. The number of benzene rings is 1. The zero-order valence-electron chi connectivity index (χ0n) is 18.4. The van der Waals surface area contributed by atoms with Crippen LogP contribution >= 0.6 is 0 Å². The third-order valence-electron chi connectivity index (χ3n) is 9.64. The lowest BCUT2D eigenvalue weighted by Crippen LogP contribution is -2.51. The van der Waals surface area contributed by atoms with Gasteiger partial charge in [0, 0.05) is 10.8 Å². The van der Waals surface area contributed by atoms with E-state index in [9.17, 15) is 15.0 Å². The van der Waals surface area contributed by atoms with Crippen molar-refractivity contribution in [1.29, 1.82) is 0 Å². The first kappa shape index (κ1) is 19.5. The molecule has 2 saturated carbocycles. The number of nitrogens with zero attached hydrogens (tertiary/aromatic N) is 1. The molecule has 0 aliphatic heterocycles. The van der Waals surface area contributed by atoms with E-state index in [0.717, 1.165) is 67.1 Å². The van der Waals surface area contributed by atoms with Crippen LogP contribution in [0.5, 0.6) is 0 Å². The fraction of sp³-hybridized carbons (Fsp3) is 0.556. The number of carbonyl (C=O) groups is 1. The van der Waals surface area contributed by atoms with Crippen molar-refractivity contribution in [3.05, 3.63) is 52.7 Å². The van der Waals surface area contributed by atoms with Crippen LogP contribution in [0.1, 0.15) is 74.0 Å². The third-order valence-corrected chi connectivity index (χ3v) is 9.64. The Balaban J connectivity index is 1.48. The number of aliphatic hydroxyl groups excluding tert-OH is 1. The quantitative estimate of drug-likeness (QED) is 0.620. The Hall–Kier alpha value is -2.20. The molecule has 4 aliphatic carbocycles. The maximum Gasteiger partial charge on any atom is 0.336 e. The van der Waals surface area contributed by atoms with Crippen molar-refractivity contribution in [2.24, 2.45) is 23.2 Å². The van der Waals surface area contributed by atoms with Crippen LogP contribution in [-0.4, -0.2) is 27.3 Å². The summed E-state index contributed by atoms with van der Waals surface area (Å²) in [5, 5.41) is 21.2. The van der Waals surface area contributed by atoms with Gasteiger partial charge in [0.15, 0.2) is 0 Å². The summed E-state index contributed by atoms with van der Waals surface area (Å²) in [5.41, 5.74) is 4.92. The summed E-state index contributed by atoms with van der Waals surface area (Å²) < 4.78 is 0. The standard InChI is InChI=1S/C27H31NO3/c1-26-11-9-16(29)13-15(26)7-8-17-20(26)10-12-27(2)21(17)14-19-23(25(30)31)18-5-3-4-6-22(18)28-24(19)27/h3-7,16-17,20-21,29H,8-14H2,1-2H3,(H,30,31). The zero-order chi connectivity index (χ0) is 21.5. The van der Waals surface area contributed by atoms with Crippen LogP contribution in [0.3, 0.4) is 0 Å². The van der Waals surface area contributed by atoms with E-state index in [0.29, 0.717) is 23.3 Å². The Morgan fingerprint density at radius 3 is 2.65 bits per heavy atom. The molecule has 6 unspecified atom stereocenters. The first-order valence-corrected chi connectivity index (χ1v) is 11.9. The van der Waals surface area contributed by atoms with Crippen molar-refractivity contribution >= 4 is 16.9 Å². The lowest BCUT2D eigenvalue weighted by atomic mass is 9.48. The molecule has 2 N–H and O–H groups in total. The van der Waals surface area contributed by atoms with Crippen molar-refractivity contribution < 1.29 is 15.0 Å². The Morgan fingerprint density at radius 2 is 1.84 bits per heavy atom. The minimum Gasteiger partial charge on any atom is -0.478 e. The number of carboxylic acid groups (broad SMARTS) is 1. The Kier molecular flexibility index (Phi) is 4.03. The van der Waals surface area contributed by atoms with Crippen LogP contribution in [0.15, 0.2) is 35.9 Å². The van der Waals surface area contributed by atoms with E-state index in [-0.39, 0.29) is 16.9 Å². The molecule has 0 bridgehead atoms. The van der Waals surface area contributed by atoms with E-state index >= 15 is 0 Å². The topological polar surface area (TPSA) is 70.4 Å². The molecule has 0 spiro atoms. The second-order valence-electron chi connectivity index (χ2n) is 11.0. The summed E-state index contributed by atoms with van der Waals surface area (Å²) in [5.74, 6) is 0.787. The van der Waals surface area contributed by atoms with Crippen LogP contribution in [0.4, 0.5) is 0 Å². The molecule has 1 aromatic heterocycles. The number of para-hydroxylation sites is 1. The normalized spacial score (nSPS) is 38.6. The van der Waals surface area contributed by atoms with Gasteiger partial charge in [0.05, 0.1) is 22.9 Å². The molecular weight excluding hydrogens is 386 g/mol. The zero-order valence-corrected chi connectivity index (χ0v) is 18.4. The highest BCUT2D eigenvalue weighted by Crippen LogP contribution is 2.64. The first-order valence-electron chi connectivity index (χ1n) is 11.9. The largest absolute Gasteiger partial charge is 0.478 e. The van der Waals surface area contributed by atoms with Crippen molar-refractivity contribution in [3.8, 4) is 0 Å². The minimum atomic E-state index is -0.826. The number of aromatic nitrogens is 1. The summed E-state index contributed by atoms with van der Waals surface area (Å²) in [6.45, 7) is 4.78. The highest BCUT2D eigenvalue weighted by Gasteiger charge is 2.58. The van der Waals surface area contributed by atoms with E-state index in [4.69, 9.17) is 4.98 Å². The van der Waals surface area contributed by atoms with Crippen LogP contribution < -0.4 is 0 Å². The van der Waals surface area contributed by atoms with Gasteiger partial charge in [-0.25, -0.2) is 4.79 Å². The molecule has 1 heterocycles. The predicted molar refractivity (Wildman–Crippen MR) is 120 cm³/mol. The van der Waals surface area contributed by atoms with E-state index < -0.39 is 5.97 Å². The lowest BCUT2D eigenvalue weighted by molar-refractivity contribution is -0.0169. The molecule has 0 radical (unpaired) electrons. The van der Waals surface area contributed by atoms with Crippen LogP contribution in [0, 0.1) is 23.2 Å². The Morgan fingerprint density at radius 1 is 1.06 bits per heavy atom. The lowest BCUT2D eigenvalue weighted by Gasteiger charge is -2.57. The van der Waals surface area contributed by atoms with Gasteiger partial charge in [-0.15, -0.1) is 0 Å². The SMILES string of the molecule is CC12CCC(O)CC1=CCC1C2CCC2(C)c3nc4ccccc4c(C(=O)O)c3CC12. The molecule has 4 nitrogen and oxygen atoms in total. The Bertz CT molecular complexity index is 1140. The summed E-state index contributed by atoms with van der Waals surface area (Å²) in [6.07, 6.45) is 9.16. The second kappa shape index (κ2) is 6.41. The van der Waals surface area contributed by atoms with Gasteiger partial charge in [0.2, 0.25) is 0 Å². The van der Waals surface area contributed by atoms with E-state index in [1.807, 2.05) is 24.3 Å². The van der Waals surface area contributed by atoms with Gasteiger partial charge in [0.25, 0.3) is 0 Å². The molecule has 0 saturated heterocycles. The predicted octanol–water partition coefficient (Wildman–Crippen LogP) is 5.27. The van der Waals surface area contributed by atoms with E-state index in [1.54, 1.807) is 0 Å². The highest BCUT2D eigenvalue weighted by atomic mass is 16.4. The van der Waals surface area contributed by atoms with Gasteiger partial charge >= 0.3 is 5.97 Å². The Labute approximate surface area is 183 Å². The molecule has 31 heavy (non-hydrogen) atoms. The number of hydrogen-bond acceptors (Lipinski definition) is 3. The molecule has 0 amide bonds. The number of carboxylic acids is 1. The fourth-order valence-corrected chi connectivity index (χ4v) is 8.02. The van der Waals surface area contributed by atoms with Gasteiger partial charge in [-0.3, -0.25) is 4.98 Å². The van der Waals surface area contributed by atoms with E-state index in [2.05, 4.69) is 19.9 Å². The number of aromatic carboxylic acids is 1. The van der Waals surface area contributed by atoms with Crippen LogP contribution in [0.25, 0.3) is 10.9 Å². The molecule has 6 atom stereocenters. The summed E-state index contributed by atoms with van der Waals surface area (Å²) in [4.78, 5) is 17.5. The summed E-state index contributed by atoms with van der Waals surface area (Å²) in [7, 11) is 0. The monoisotopic (exact) mass is 417 g/mol. The maximum absolute atomic E-state index is 12.4. The molecule has 6 rings (SSSR count). The number of aliphatic hydroxyl groups is 1. The maximum atomic E-state index is 12.4. The van der Waals surface area contributed by atoms with Gasteiger partial charge in [-0.05, 0) is 79.7 Å². The molecule has 2 aromatic rings. The minimum absolute atomic E-state index is 0.0549. The molecule has 1 aromatic carbocycles. The number of hydrogen-bond donors (Lipinski definition) is 2. The second-order valence-corrected chi connectivity index (χ2v) is 11.0. The smallest absolute Gasteiger partial charge is 0.336 e. The van der Waals surface area contributed by atoms with Crippen molar-refractivity contribution in [1.82, 2.24) is 4.98 Å². The fourth-order valence-electron chi connectivity index (χ4n) is 8.02. The average Bonchev–Trinajstić information content (AvgIpc) is 3.04. The molecule has 4 aliphatic rings. The van der Waals surface area contributed by atoms with E-state index in [1.165, 1.54) is 5.57 Å². The van der Waals surface area contributed by atoms with Gasteiger partial charge in [0.1, 0.15) is 0 Å². The number of pyridine rings is 1. The first-order chi connectivity index (χ1) is 14.8. The van der Waals surface area contributed by atoms with Crippen LogP contribution in [0.2, 0.25) is 0 Å². The van der Waals surface area contributed by atoms with Crippen molar-refractivity contribution in [2.75, 3.05) is 0 Å². The number of rotatable bonds is 1. The molecule has 4 heteroatoms. The van der Waals surface area contributed by atoms with Gasteiger partial charge in [-0.1, -0.05) is 43.7 Å². The number of fused-ring (bicyclic) bond motifs is 8. The number of allylic oxidation sites excluding steroid dienone is 1. The average molecular weight is 418 g/mol. The van der Waals surface area contributed by atoms with Gasteiger partial charge < -0.3 is 10.2 Å². The molecule has 2 fully saturated rings.